The molecule has 122 valence electrons. The number of nitrogens with one attached hydrogen (secondary N) is 2. The number of alkyl halides is 2. The van der Waals surface area contributed by atoms with Crippen molar-refractivity contribution in [3.63, 3.8) is 0 Å². The van der Waals surface area contributed by atoms with Crippen LogP contribution < -0.4 is 4.72 Å². The number of hydrogen-bond donors (Lipinski definition) is 2. The minimum atomic E-state index is -3.98. The van der Waals surface area contributed by atoms with Gasteiger partial charge in [-0.3, -0.25) is 4.72 Å². The van der Waals surface area contributed by atoms with Gasteiger partial charge in [0.2, 0.25) is 0 Å². The molecule has 2 aromatic heterocycles. The van der Waals surface area contributed by atoms with E-state index < -0.39 is 16.6 Å². The molecule has 0 saturated heterocycles. The van der Waals surface area contributed by atoms with Crippen molar-refractivity contribution in [3.8, 4) is 0 Å². The largest absolute Gasteiger partial charge is 0.360 e. The van der Waals surface area contributed by atoms with E-state index in [1.807, 2.05) is 0 Å². The lowest BCUT2D eigenvalue weighted by Crippen LogP contribution is -2.13. The van der Waals surface area contributed by atoms with Crippen molar-refractivity contribution in [2.24, 2.45) is 0 Å². The van der Waals surface area contributed by atoms with Gasteiger partial charge in [-0.1, -0.05) is 11.6 Å². The third kappa shape index (κ3) is 2.89. The highest BCUT2D eigenvalue weighted by molar-refractivity contribution is 7.93. The van der Waals surface area contributed by atoms with Crippen LogP contribution in [0.1, 0.15) is 12.2 Å². The van der Waals surface area contributed by atoms with E-state index in [9.17, 15) is 17.2 Å². The van der Waals surface area contributed by atoms with Gasteiger partial charge in [0.15, 0.2) is 5.82 Å². The third-order valence-corrected chi connectivity index (χ3v) is 4.87. The van der Waals surface area contributed by atoms with Crippen molar-refractivity contribution in [1.82, 2.24) is 14.8 Å². The molecular formula is C13H11ClF2N4O2S. The predicted molar refractivity (Wildman–Crippen MR) is 82.3 cm³/mol. The fourth-order valence-electron chi connectivity index (χ4n) is 2.22. The summed E-state index contributed by atoms with van der Waals surface area (Å²) >= 11 is 5.85. The summed E-state index contributed by atoms with van der Waals surface area (Å²) in [5.41, 5.74) is 0.690. The summed E-state index contributed by atoms with van der Waals surface area (Å²) in [7, 11) is -3.98. The summed E-state index contributed by atoms with van der Waals surface area (Å²) in [5, 5.41) is 4.44. The molecule has 3 aromatic rings. The second-order valence-corrected chi connectivity index (χ2v) is 6.93. The normalized spacial score (nSPS) is 12.2. The Morgan fingerprint density at radius 1 is 1.35 bits per heavy atom. The maximum absolute atomic E-state index is 12.7. The number of halogens is 3. The molecule has 0 aliphatic carbocycles. The highest BCUT2D eigenvalue weighted by atomic mass is 35.5. The number of fused-ring (bicyclic) bond motifs is 1. The molecule has 0 aliphatic rings. The maximum Gasteiger partial charge on any atom is 0.333 e. The van der Waals surface area contributed by atoms with Crippen LogP contribution in [0.4, 0.5) is 14.6 Å². The van der Waals surface area contributed by atoms with Crippen molar-refractivity contribution >= 4 is 38.3 Å². The predicted octanol–water partition coefficient (Wildman–Crippen LogP) is 3.52. The Hall–Kier alpha value is -2.13. The van der Waals surface area contributed by atoms with Crippen molar-refractivity contribution < 1.29 is 17.2 Å². The first-order chi connectivity index (χ1) is 10.8. The lowest BCUT2D eigenvalue weighted by Gasteiger charge is -2.04. The average Bonchev–Trinajstić information content (AvgIpc) is 3.01. The lowest BCUT2D eigenvalue weighted by atomic mass is 10.2. The number of benzene rings is 1. The number of aromatic nitrogens is 3. The Labute approximate surface area is 135 Å². The quantitative estimate of drug-likeness (QED) is 0.747. The number of H-pyrrole nitrogens is 1. The summed E-state index contributed by atoms with van der Waals surface area (Å²) in [6.07, 6.45) is 1.31. The van der Waals surface area contributed by atoms with Crippen LogP contribution in [0.15, 0.2) is 35.4 Å². The van der Waals surface area contributed by atoms with Crippen LogP contribution in [-0.2, 0) is 10.0 Å². The molecular weight excluding hydrogens is 350 g/mol. The van der Waals surface area contributed by atoms with E-state index in [4.69, 9.17) is 11.6 Å². The van der Waals surface area contributed by atoms with Gasteiger partial charge < -0.3 is 4.98 Å². The summed E-state index contributed by atoms with van der Waals surface area (Å²) in [6, 6.07) is 5.94. The molecule has 0 unspecified atom stereocenters. The molecule has 2 heterocycles. The number of sulfonamides is 1. The standard InChI is InChI=1S/C13H11ClF2N4O2S/c1-7-4-12(18-20(7)13(15)16)19-23(21,22)11-6-17-10-5-8(14)2-3-9(10)11/h2-6,13,17H,1H3,(H,18,19). The van der Waals surface area contributed by atoms with Crippen LogP contribution in [0.25, 0.3) is 10.9 Å². The fraction of sp³-hybridized carbons (Fsp3) is 0.154. The molecule has 0 aliphatic heterocycles. The molecule has 1 aromatic carbocycles. The molecule has 2 N–H and O–H groups in total. The van der Waals surface area contributed by atoms with E-state index in [1.165, 1.54) is 19.2 Å². The zero-order chi connectivity index (χ0) is 16.8. The summed E-state index contributed by atoms with van der Waals surface area (Å²) in [6.45, 7) is -1.44. The first kappa shape index (κ1) is 15.8. The number of hydrogen-bond acceptors (Lipinski definition) is 3. The summed E-state index contributed by atoms with van der Waals surface area (Å²) in [4.78, 5) is 2.79. The molecule has 0 fully saturated rings. The molecule has 3 rings (SSSR count). The zero-order valence-corrected chi connectivity index (χ0v) is 13.3. The molecule has 0 spiro atoms. The zero-order valence-electron chi connectivity index (χ0n) is 11.7. The first-order valence-electron chi connectivity index (χ1n) is 6.42. The number of nitrogens with zero attached hydrogens (tertiary/aromatic N) is 2. The Kier molecular flexibility index (Phi) is 3.77. The highest BCUT2D eigenvalue weighted by Gasteiger charge is 2.21. The fourth-order valence-corrected chi connectivity index (χ4v) is 3.56. The van der Waals surface area contributed by atoms with Gasteiger partial charge >= 0.3 is 6.55 Å². The smallest absolute Gasteiger partial charge is 0.333 e. The Bertz CT molecular complexity index is 981. The van der Waals surface area contributed by atoms with Crippen LogP contribution in [0.2, 0.25) is 5.02 Å². The van der Waals surface area contributed by atoms with E-state index in [-0.39, 0.29) is 16.4 Å². The molecule has 0 radical (unpaired) electrons. The Morgan fingerprint density at radius 3 is 2.74 bits per heavy atom. The van der Waals surface area contributed by atoms with Gasteiger partial charge in [0, 0.05) is 33.9 Å². The van der Waals surface area contributed by atoms with Crippen LogP contribution in [0.3, 0.4) is 0 Å². The molecule has 0 bridgehead atoms. The topological polar surface area (TPSA) is 79.8 Å². The van der Waals surface area contributed by atoms with Gasteiger partial charge in [-0.25, -0.2) is 13.1 Å². The minimum absolute atomic E-state index is 0.0200. The highest BCUT2D eigenvalue weighted by Crippen LogP contribution is 2.27. The second kappa shape index (κ2) is 5.50. The summed E-state index contributed by atoms with van der Waals surface area (Å²) in [5.74, 6) is -0.175. The van der Waals surface area contributed by atoms with E-state index in [2.05, 4.69) is 14.8 Å². The van der Waals surface area contributed by atoms with Crippen LogP contribution in [-0.4, -0.2) is 23.2 Å². The van der Waals surface area contributed by atoms with Gasteiger partial charge in [-0.15, -0.1) is 5.10 Å². The van der Waals surface area contributed by atoms with Crippen molar-refractivity contribution in [2.45, 2.75) is 18.4 Å². The van der Waals surface area contributed by atoms with Gasteiger partial charge in [0.05, 0.1) is 0 Å². The molecule has 6 nitrogen and oxygen atoms in total. The van der Waals surface area contributed by atoms with Crippen LogP contribution in [0.5, 0.6) is 0 Å². The van der Waals surface area contributed by atoms with Crippen LogP contribution >= 0.6 is 11.6 Å². The first-order valence-corrected chi connectivity index (χ1v) is 8.28. The monoisotopic (exact) mass is 360 g/mol. The average molecular weight is 361 g/mol. The molecule has 0 atom stereocenters. The number of aryl methyl sites for hydroxylation is 1. The summed E-state index contributed by atoms with van der Waals surface area (Å²) < 4.78 is 52.9. The van der Waals surface area contributed by atoms with E-state index >= 15 is 0 Å². The third-order valence-electron chi connectivity index (χ3n) is 3.24. The van der Waals surface area contributed by atoms with E-state index in [1.54, 1.807) is 18.2 Å². The SMILES string of the molecule is Cc1cc(NS(=O)(=O)c2c[nH]c3cc(Cl)ccc23)nn1C(F)F. The van der Waals surface area contributed by atoms with E-state index in [0.717, 1.165) is 0 Å². The number of aromatic amines is 1. The van der Waals surface area contributed by atoms with Crippen molar-refractivity contribution in [3.05, 3.63) is 41.2 Å². The van der Waals surface area contributed by atoms with Gasteiger partial charge in [-0.2, -0.15) is 8.78 Å². The van der Waals surface area contributed by atoms with Gasteiger partial charge in [0.1, 0.15) is 4.90 Å². The van der Waals surface area contributed by atoms with E-state index in [0.29, 0.717) is 20.6 Å². The molecule has 10 heteroatoms. The Balaban J connectivity index is 1.99. The number of anilines is 1. The minimum Gasteiger partial charge on any atom is -0.360 e. The van der Waals surface area contributed by atoms with Crippen molar-refractivity contribution in [1.29, 1.82) is 0 Å². The molecule has 0 saturated carbocycles. The lowest BCUT2D eigenvalue weighted by molar-refractivity contribution is 0.0547. The molecule has 0 amide bonds. The molecule has 23 heavy (non-hydrogen) atoms. The second-order valence-electron chi connectivity index (χ2n) is 4.84. The van der Waals surface area contributed by atoms with Gasteiger partial charge in [0.25, 0.3) is 10.0 Å². The van der Waals surface area contributed by atoms with Crippen molar-refractivity contribution in [2.75, 3.05) is 4.72 Å². The van der Waals surface area contributed by atoms with Crippen LogP contribution in [0, 0.1) is 6.92 Å². The Morgan fingerprint density at radius 2 is 2.09 bits per heavy atom. The maximum atomic E-state index is 12.7. The number of rotatable bonds is 4. The van der Waals surface area contributed by atoms with Gasteiger partial charge in [-0.05, 0) is 25.1 Å².